The number of carbonyl (C=O) groups excluding carboxylic acids is 3. The van der Waals surface area contributed by atoms with Gasteiger partial charge in [0.25, 0.3) is 0 Å². The molecule has 90 valence electrons. The highest BCUT2D eigenvalue weighted by molar-refractivity contribution is 5.99. The number of esters is 3. The van der Waals surface area contributed by atoms with Gasteiger partial charge in [-0.25, -0.2) is 0 Å². The number of cyclic esters (lactones) is 2. The molecule has 17 heavy (non-hydrogen) atoms. The fourth-order valence-electron chi connectivity index (χ4n) is 2.69. The standard InChI is InChI=1S/C11H10O6/c1-5(12)15-4-11-3-2-6(17-11)7-8(11)10(14)16-9(7)13/h2-3,6-8H,4H2,1H3/t6-,7-,8+,11-/m0/s1. The van der Waals surface area contributed by atoms with Gasteiger partial charge in [-0.3, -0.25) is 14.4 Å². The van der Waals surface area contributed by atoms with Gasteiger partial charge in [0.05, 0.1) is 6.10 Å². The lowest BCUT2D eigenvalue weighted by Crippen LogP contribution is -2.42. The molecule has 2 fully saturated rings. The lowest BCUT2D eigenvalue weighted by Gasteiger charge is -2.26. The Morgan fingerprint density at radius 2 is 2.24 bits per heavy atom. The van der Waals surface area contributed by atoms with Crippen LogP contribution >= 0.6 is 0 Å². The van der Waals surface area contributed by atoms with Crippen molar-refractivity contribution in [3.05, 3.63) is 12.2 Å². The van der Waals surface area contributed by atoms with Crippen LogP contribution in [0.25, 0.3) is 0 Å². The van der Waals surface area contributed by atoms with Crippen molar-refractivity contribution in [1.29, 1.82) is 0 Å². The predicted molar refractivity (Wildman–Crippen MR) is 51.5 cm³/mol. The molecule has 3 aliphatic heterocycles. The van der Waals surface area contributed by atoms with Crippen LogP contribution < -0.4 is 0 Å². The number of hydrogen-bond donors (Lipinski definition) is 0. The molecule has 0 radical (unpaired) electrons. The molecule has 3 rings (SSSR count). The fraction of sp³-hybridized carbons (Fsp3) is 0.545. The van der Waals surface area contributed by atoms with Gasteiger partial charge in [0.1, 0.15) is 24.0 Å². The molecule has 6 nitrogen and oxygen atoms in total. The minimum absolute atomic E-state index is 0.0706. The van der Waals surface area contributed by atoms with E-state index in [2.05, 4.69) is 4.74 Å². The second-order valence-electron chi connectivity index (χ2n) is 4.42. The van der Waals surface area contributed by atoms with Gasteiger partial charge in [-0.2, -0.15) is 0 Å². The van der Waals surface area contributed by atoms with Crippen LogP contribution in [0.3, 0.4) is 0 Å². The Morgan fingerprint density at radius 1 is 1.47 bits per heavy atom. The fourth-order valence-corrected chi connectivity index (χ4v) is 2.69. The summed E-state index contributed by atoms with van der Waals surface area (Å²) in [6.45, 7) is 1.20. The van der Waals surface area contributed by atoms with Crippen LogP contribution in [-0.4, -0.2) is 36.2 Å². The third kappa shape index (κ3) is 1.27. The highest BCUT2D eigenvalue weighted by atomic mass is 16.6. The van der Waals surface area contributed by atoms with Crippen LogP contribution in [0.2, 0.25) is 0 Å². The van der Waals surface area contributed by atoms with E-state index in [1.807, 2.05) is 0 Å². The lowest BCUT2D eigenvalue weighted by atomic mass is 9.77. The second kappa shape index (κ2) is 3.16. The molecule has 0 saturated carbocycles. The zero-order valence-electron chi connectivity index (χ0n) is 9.04. The zero-order chi connectivity index (χ0) is 12.2. The van der Waals surface area contributed by atoms with E-state index in [4.69, 9.17) is 9.47 Å². The van der Waals surface area contributed by atoms with Gasteiger partial charge in [-0.05, 0) is 6.08 Å². The van der Waals surface area contributed by atoms with Gasteiger partial charge in [0.2, 0.25) is 0 Å². The summed E-state index contributed by atoms with van der Waals surface area (Å²) in [4.78, 5) is 33.9. The first-order chi connectivity index (χ1) is 8.03. The summed E-state index contributed by atoms with van der Waals surface area (Å²) in [6, 6.07) is 0. The zero-order valence-corrected chi connectivity index (χ0v) is 9.04. The predicted octanol–water partition coefficient (Wildman–Crippen LogP) is -0.427. The molecule has 0 aromatic heterocycles. The van der Waals surface area contributed by atoms with E-state index < -0.39 is 41.4 Å². The highest BCUT2D eigenvalue weighted by Crippen LogP contribution is 2.51. The van der Waals surface area contributed by atoms with E-state index in [-0.39, 0.29) is 6.61 Å². The van der Waals surface area contributed by atoms with E-state index in [0.717, 1.165) is 0 Å². The molecule has 3 aliphatic rings. The van der Waals surface area contributed by atoms with E-state index in [1.165, 1.54) is 6.92 Å². The third-order valence-electron chi connectivity index (χ3n) is 3.39. The lowest BCUT2D eigenvalue weighted by molar-refractivity contribution is -0.163. The molecular formula is C11H10O6. The second-order valence-corrected chi connectivity index (χ2v) is 4.42. The molecule has 0 spiro atoms. The Kier molecular flexibility index (Phi) is 1.95. The molecule has 2 bridgehead atoms. The summed E-state index contributed by atoms with van der Waals surface area (Å²) in [5.41, 5.74) is -1.02. The highest BCUT2D eigenvalue weighted by Gasteiger charge is 2.67. The Bertz CT molecular complexity index is 453. The Morgan fingerprint density at radius 3 is 2.94 bits per heavy atom. The maximum absolute atomic E-state index is 11.6. The Labute approximate surface area is 96.5 Å². The molecule has 3 heterocycles. The molecule has 0 N–H and O–H groups in total. The van der Waals surface area contributed by atoms with E-state index >= 15 is 0 Å². The Balaban J connectivity index is 1.91. The SMILES string of the molecule is CC(=O)OC[C@]12C=C[C@H](O1)[C@@H]1C(=O)OC(=O)[C@@H]12. The summed E-state index contributed by atoms with van der Waals surface area (Å²) in [7, 11) is 0. The largest absolute Gasteiger partial charge is 0.462 e. The molecular weight excluding hydrogens is 228 g/mol. The van der Waals surface area contributed by atoms with Crippen LogP contribution in [0.4, 0.5) is 0 Å². The average Bonchev–Trinajstić information content (AvgIpc) is 2.88. The first kappa shape index (κ1) is 10.5. The average molecular weight is 238 g/mol. The van der Waals surface area contributed by atoms with Gasteiger partial charge in [-0.1, -0.05) is 6.08 Å². The van der Waals surface area contributed by atoms with Gasteiger partial charge < -0.3 is 14.2 Å². The summed E-state index contributed by atoms with van der Waals surface area (Å²) in [6.07, 6.45) is 2.95. The third-order valence-corrected chi connectivity index (χ3v) is 3.39. The number of ether oxygens (including phenoxy) is 3. The Hall–Kier alpha value is -1.69. The monoisotopic (exact) mass is 238 g/mol. The molecule has 0 amide bonds. The minimum Gasteiger partial charge on any atom is -0.462 e. The van der Waals surface area contributed by atoms with Crippen molar-refractivity contribution in [2.24, 2.45) is 11.8 Å². The first-order valence-electron chi connectivity index (χ1n) is 5.29. The maximum Gasteiger partial charge on any atom is 0.321 e. The van der Waals surface area contributed by atoms with E-state index in [9.17, 15) is 14.4 Å². The van der Waals surface area contributed by atoms with Gasteiger partial charge >= 0.3 is 17.9 Å². The molecule has 6 heteroatoms. The van der Waals surface area contributed by atoms with Gasteiger partial charge in [0.15, 0.2) is 0 Å². The quantitative estimate of drug-likeness (QED) is 0.369. The topological polar surface area (TPSA) is 78.9 Å². The van der Waals surface area contributed by atoms with Crippen LogP contribution in [0.5, 0.6) is 0 Å². The normalized spacial score (nSPS) is 41.6. The van der Waals surface area contributed by atoms with Crippen molar-refractivity contribution in [1.82, 2.24) is 0 Å². The molecule has 0 aromatic rings. The first-order valence-corrected chi connectivity index (χ1v) is 5.29. The van der Waals surface area contributed by atoms with Gasteiger partial charge in [-0.15, -0.1) is 0 Å². The van der Waals surface area contributed by atoms with E-state index in [1.54, 1.807) is 12.2 Å². The number of hydrogen-bond acceptors (Lipinski definition) is 6. The van der Waals surface area contributed by atoms with Crippen molar-refractivity contribution in [2.75, 3.05) is 6.61 Å². The summed E-state index contributed by atoms with van der Waals surface area (Å²) in [5, 5.41) is 0. The van der Waals surface area contributed by atoms with Crippen molar-refractivity contribution in [3.8, 4) is 0 Å². The molecule has 0 aromatic carbocycles. The summed E-state index contributed by atoms with van der Waals surface area (Å²) < 4.78 is 15.1. The molecule has 0 unspecified atom stereocenters. The van der Waals surface area contributed by atoms with Crippen molar-refractivity contribution in [3.63, 3.8) is 0 Å². The number of rotatable bonds is 2. The number of fused-ring (bicyclic) bond motifs is 5. The van der Waals surface area contributed by atoms with Crippen LogP contribution in [0.1, 0.15) is 6.92 Å². The molecule has 4 atom stereocenters. The van der Waals surface area contributed by atoms with Crippen LogP contribution in [0, 0.1) is 11.8 Å². The van der Waals surface area contributed by atoms with Crippen LogP contribution in [-0.2, 0) is 28.6 Å². The van der Waals surface area contributed by atoms with Crippen LogP contribution in [0.15, 0.2) is 12.2 Å². The summed E-state index contributed by atoms with van der Waals surface area (Å²) >= 11 is 0. The van der Waals surface area contributed by atoms with Crippen molar-refractivity contribution < 1.29 is 28.6 Å². The number of carbonyl (C=O) groups is 3. The smallest absolute Gasteiger partial charge is 0.321 e. The van der Waals surface area contributed by atoms with E-state index in [0.29, 0.717) is 0 Å². The molecule has 0 aliphatic carbocycles. The summed E-state index contributed by atoms with van der Waals surface area (Å²) in [5.74, 6) is -2.90. The maximum atomic E-state index is 11.6. The molecule has 2 saturated heterocycles. The minimum atomic E-state index is -1.02. The van der Waals surface area contributed by atoms with Crippen molar-refractivity contribution >= 4 is 17.9 Å². The van der Waals surface area contributed by atoms with Crippen molar-refractivity contribution in [2.45, 2.75) is 18.6 Å². The van der Waals surface area contributed by atoms with Gasteiger partial charge in [0, 0.05) is 6.92 Å².